The minimum Gasteiger partial charge on any atom is -0.481 e. The zero-order valence-corrected chi connectivity index (χ0v) is 8.03. The average Bonchev–Trinajstić information content (AvgIpc) is 2.42. The molecule has 0 unspecified atom stereocenters. The highest BCUT2D eigenvalue weighted by Crippen LogP contribution is 2.19. The highest BCUT2D eigenvalue weighted by Gasteiger charge is 2.17. The van der Waals surface area contributed by atoms with E-state index in [2.05, 4.69) is 9.88 Å². The molecule has 1 aliphatic heterocycles. The van der Waals surface area contributed by atoms with E-state index < -0.39 is 5.97 Å². The maximum Gasteiger partial charge on any atom is 0.307 e. The third-order valence-corrected chi connectivity index (χ3v) is 2.33. The first-order valence-electron chi connectivity index (χ1n) is 4.52. The van der Waals surface area contributed by atoms with Crippen molar-refractivity contribution in [3.8, 4) is 0 Å². The third kappa shape index (κ3) is 1.75. The molecule has 0 saturated heterocycles. The molecule has 0 bridgehead atoms. The number of hydrogen-bond acceptors (Lipinski definition) is 3. The Morgan fingerprint density at radius 3 is 3.14 bits per heavy atom. The zero-order valence-electron chi connectivity index (χ0n) is 8.03. The summed E-state index contributed by atoms with van der Waals surface area (Å²) in [4.78, 5) is 16.9. The van der Waals surface area contributed by atoms with E-state index in [0.717, 1.165) is 29.9 Å². The minimum atomic E-state index is -0.807. The quantitative estimate of drug-likeness (QED) is 0.747. The van der Waals surface area contributed by atoms with Crippen LogP contribution >= 0.6 is 0 Å². The predicted molar refractivity (Wildman–Crippen MR) is 50.7 cm³/mol. The van der Waals surface area contributed by atoms with E-state index in [0.29, 0.717) is 0 Å². The van der Waals surface area contributed by atoms with Crippen molar-refractivity contribution in [1.29, 1.82) is 0 Å². The molecule has 14 heavy (non-hydrogen) atoms. The summed E-state index contributed by atoms with van der Waals surface area (Å²) in [5.74, 6) is -0.807. The van der Waals surface area contributed by atoms with E-state index in [1.807, 2.05) is 13.1 Å². The van der Waals surface area contributed by atoms with Crippen LogP contribution in [-0.4, -0.2) is 28.0 Å². The van der Waals surface area contributed by atoms with Gasteiger partial charge >= 0.3 is 5.97 Å². The highest BCUT2D eigenvalue weighted by molar-refractivity contribution is 5.70. The summed E-state index contributed by atoms with van der Waals surface area (Å²) >= 11 is 0. The van der Waals surface area contributed by atoms with Crippen LogP contribution in [-0.2, 0) is 24.3 Å². The number of hydrogen-bond donors (Lipinski definition) is 1. The molecule has 0 aliphatic carbocycles. The lowest BCUT2D eigenvalue weighted by Gasteiger charge is -2.02. The minimum absolute atomic E-state index is 0.0595. The van der Waals surface area contributed by atoms with Crippen LogP contribution in [0.25, 0.3) is 0 Å². The molecule has 0 amide bonds. The number of aromatic nitrogens is 1. The molecule has 0 radical (unpaired) electrons. The van der Waals surface area contributed by atoms with Gasteiger partial charge in [-0.25, -0.2) is 0 Å². The van der Waals surface area contributed by atoms with Crippen molar-refractivity contribution in [2.75, 3.05) is 7.05 Å². The topological polar surface area (TPSA) is 53.4 Å². The van der Waals surface area contributed by atoms with Crippen molar-refractivity contribution < 1.29 is 9.90 Å². The van der Waals surface area contributed by atoms with Crippen LogP contribution in [0.3, 0.4) is 0 Å². The molecule has 4 heteroatoms. The fourth-order valence-electron chi connectivity index (χ4n) is 1.74. The SMILES string of the molecule is CN1Cc2cc(CC(=O)O)cnc2C1. The van der Waals surface area contributed by atoms with E-state index >= 15 is 0 Å². The van der Waals surface area contributed by atoms with Gasteiger partial charge in [-0.2, -0.15) is 0 Å². The smallest absolute Gasteiger partial charge is 0.307 e. The van der Waals surface area contributed by atoms with Crippen LogP contribution in [0, 0.1) is 0 Å². The van der Waals surface area contributed by atoms with Crippen molar-refractivity contribution in [3.05, 3.63) is 29.1 Å². The van der Waals surface area contributed by atoms with Gasteiger partial charge in [0, 0.05) is 19.3 Å². The van der Waals surface area contributed by atoms with Crippen molar-refractivity contribution in [2.45, 2.75) is 19.5 Å². The Hall–Kier alpha value is -1.42. The second-order valence-corrected chi connectivity index (χ2v) is 3.69. The summed E-state index contributed by atoms with van der Waals surface area (Å²) in [5, 5.41) is 8.63. The third-order valence-electron chi connectivity index (χ3n) is 2.33. The van der Waals surface area contributed by atoms with Crippen LogP contribution in [0.1, 0.15) is 16.8 Å². The molecule has 0 fully saturated rings. The summed E-state index contributed by atoms with van der Waals surface area (Å²) in [6, 6.07) is 1.94. The predicted octanol–water partition coefficient (Wildman–Crippen LogP) is 0.654. The Bertz CT molecular complexity index is 376. The normalized spacial score (nSPS) is 15.5. The van der Waals surface area contributed by atoms with Crippen LogP contribution in [0.4, 0.5) is 0 Å². The largest absolute Gasteiger partial charge is 0.481 e. The Morgan fingerprint density at radius 1 is 1.64 bits per heavy atom. The van der Waals surface area contributed by atoms with Gasteiger partial charge in [0.25, 0.3) is 0 Å². The number of carboxylic acids is 1. The maximum atomic E-state index is 10.5. The van der Waals surface area contributed by atoms with E-state index in [9.17, 15) is 4.79 Å². The van der Waals surface area contributed by atoms with Crippen molar-refractivity contribution >= 4 is 5.97 Å². The summed E-state index contributed by atoms with van der Waals surface area (Å²) < 4.78 is 0. The molecule has 1 N–H and O–H groups in total. The van der Waals surface area contributed by atoms with Crippen LogP contribution in [0.15, 0.2) is 12.3 Å². The first-order chi connectivity index (χ1) is 6.65. The number of carbonyl (C=O) groups is 1. The second-order valence-electron chi connectivity index (χ2n) is 3.69. The number of fused-ring (bicyclic) bond motifs is 1. The lowest BCUT2D eigenvalue weighted by Crippen LogP contribution is -2.07. The van der Waals surface area contributed by atoms with E-state index in [1.165, 1.54) is 0 Å². The van der Waals surface area contributed by atoms with E-state index in [-0.39, 0.29) is 6.42 Å². The van der Waals surface area contributed by atoms with Crippen LogP contribution in [0.2, 0.25) is 0 Å². The number of rotatable bonds is 2. The molecule has 74 valence electrons. The van der Waals surface area contributed by atoms with Gasteiger partial charge in [-0.15, -0.1) is 0 Å². The lowest BCUT2D eigenvalue weighted by atomic mass is 10.1. The van der Waals surface area contributed by atoms with Crippen molar-refractivity contribution in [3.63, 3.8) is 0 Å². The van der Waals surface area contributed by atoms with E-state index in [1.54, 1.807) is 6.20 Å². The fourth-order valence-corrected chi connectivity index (χ4v) is 1.74. The van der Waals surface area contributed by atoms with Gasteiger partial charge in [-0.05, 0) is 18.2 Å². The first kappa shape index (κ1) is 9.15. The zero-order chi connectivity index (χ0) is 10.1. The maximum absolute atomic E-state index is 10.5. The molecule has 0 saturated carbocycles. The Kier molecular flexibility index (Phi) is 2.21. The molecule has 1 aliphatic rings. The van der Waals surface area contributed by atoms with Gasteiger partial charge in [0.15, 0.2) is 0 Å². The van der Waals surface area contributed by atoms with Crippen LogP contribution in [0.5, 0.6) is 0 Å². The Morgan fingerprint density at radius 2 is 2.43 bits per heavy atom. The summed E-state index contributed by atoms with van der Waals surface area (Å²) in [5.41, 5.74) is 3.01. The van der Waals surface area contributed by atoms with Gasteiger partial charge < -0.3 is 5.11 Å². The summed E-state index contributed by atoms with van der Waals surface area (Å²) in [6.45, 7) is 1.73. The monoisotopic (exact) mass is 192 g/mol. The highest BCUT2D eigenvalue weighted by atomic mass is 16.4. The molecular formula is C10H12N2O2. The molecule has 1 aromatic heterocycles. The number of pyridine rings is 1. The van der Waals surface area contributed by atoms with Gasteiger partial charge in [-0.3, -0.25) is 14.7 Å². The van der Waals surface area contributed by atoms with Gasteiger partial charge in [0.05, 0.1) is 12.1 Å². The fraction of sp³-hybridized carbons (Fsp3) is 0.400. The van der Waals surface area contributed by atoms with E-state index in [4.69, 9.17) is 5.11 Å². The number of nitrogens with zero attached hydrogens (tertiary/aromatic N) is 2. The molecule has 0 aromatic carbocycles. The summed E-state index contributed by atoms with van der Waals surface area (Å²) in [6.07, 6.45) is 1.72. The average molecular weight is 192 g/mol. The first-order valence-corrected chi connectivity index (χ1v) is 4.52. The Balaban J connectivity index is 2.24. The molecule has 2 heterocycles. The molecule has 1 aromatic rings. The molecular weight excluding hydrogens is 180 g/mol. The summed E-state index contributed by atoms with van der Waals surface area (Å²) in [7, 11) is 2.03. The molecule has 4 nitrogen and oxygen atoms in total. The molecule has 2 rings (SSSR count). The number of carboxylic acid groups (broad SMARTS) is 1. The van der Waals surface area contributed by atoms with Crippen molar-refractivity contribution in [2.24, 2.45) is 0 Å². The molecule has 0 atom stereocenters. The van der Waals surface area contributed by atoms with Crippen LogP contribution < -0.4 is 0 Å². The lowest BCUT2D eigenvalue weighted by molar-refractivity contribution is -0.136. The standard InChI is InChI=1S/C10H12N2O2/c1-12-5-8-2-7(3-10(13)14)4-11-9(8)6-12/h2,4H,3,5-6H2,1H3,(H,13,14). The molecule has 0 spiro atoms. The van der Waals surface area contributed by atoms with Gasteiger partial charge in [0.2, 0.25) is 0 Å². The van der Waals surface area contributed by atoms with Gasteiger partial charge in [-0.1, -0.05) is 6.07 Å². The Labute approximate surface area is 82.2 Å². The van der Waals surface area contributed by atoms with Crippen molar-refractivity contribution in [1.82, 2.24) is 9.88 Å². The van der Waals surface area contributed by atoms with Gasteiger partial charge in [0.1, 0.15) is 0 Å². The number of aliphatic carboxylic acids is 1. The second kappa shape index (κ2) is 3.38.